The van der Waals surface area contributed by atoms with E-state index >= 15 is 0 Å². The average molecular weight is 1110 g/mol. The van der Waals surface area contributed by atoms with Crippen LogP contribution in [0.1, 0.15) is 70.1 Å². The van der Waals surface area contributed by atoms with Crippen LogP contribution < -0.4 is 18.7 Å². The van der Waals surface area contributed by atoms with Crippen LogP contribution in [0.4, 0.5) is 0 Å². The van der Waals surface area contributed by atoms with Crippen molar-refractivity contribution in [1.82, 2.24) is 34.3 Å². The van der Waals surface area contributed by atoms with E-state index in [1.165, 1.54) is 51.2 Å². The van der Waals surface area contributed by atoms with Gasteiger partial charge in [0.2, 0.25) is 18.1 Å². The normalized spacial score (nSPS) is 23.6. The number of carbonyl (C=O) groups is 5. The third kappa shape index (κ3) is 9.76. The van der Waals surface area contributed by atoms with Gasteiger partial charge in [-0.1, -0.05) is 12.1 Å². The number of aromatic nitrogens is 5. The van der Waals surface area contributed by atoms with Gasteiger partial charge in [-0.2, -0.15) is 11.8 Å². The fourth-order valence-corrected chi connectivity index (χ4v) is 11.5. The number of ether oxygens (including phenoxy) is 4. The summed E-state index contributed by atoms with van der Waals surface area (Å²) >= 11 is 1.31. The topological polar surface area (TPSA) is 348 Å². The first kappa shape index (κ1) is 53.4. The summed E-state index contributed by atoms with van der Waals surface area (Å²) in [5, 5.41) is 60.7. The lowest BCUT2D eigenvalue weighted by molar-refractivity contribution is -0.271. The number of rotatable bonds is 18. The molecule has 1 aliphatic carbocycles. The number of amides is 3. The molecule has 10 rings (SSSR count). The molecule has 0 bridgehead atoms. The van der Waals surface area contributed by atoms with Crippen LogP contribution in [0.3, 0.4) is 0 Å². The Balaban J connectivity index is 0.869. The van der Waals surface area contributed by atoms with Gasteiger partial charge in [-0.3, -0.25) is 24.1 Å². The number of fused-ring (bicyclic) bond motifs is 5. The number of benzene rings is 2. The number of esters is 1. The van der Waals surface area contributed by atoms with Gasteiger partial charge in [-0.25, -0.2) is 19.3 Å². The molecular formula is C49H51N7O19S2. The van der Waals surface area contributed by atoms with Crippen molar-refractivity contribution in [3.63, 3.8) is 0 Å². The fraction of sp³-hybridized carbons (Fsp3) is 0.449. The van der Waals surface area contributed by atoms with Crippen molar-refractivity contribution >= 4 is 62.7 Å². The van der Waals surface area contributed by atoms with Gasteiger partial charge in [0, 0.05) is 47.7 Å². The van der Waals surface area contributed by atoms with Crippen molar-refractivity contribution in [2.75, 3.05) is 33.1 Å². The molecule has 3 amide bonds. The highest BCUT2D eigenvalue weighted by Gasteiger charge is 2.49. The molecule has 1 unspecified atom stereocenters. The third-order valence-corrected chi connectivity index (χ3v) is 16.0. The number of hydrogen-bond donors (Lipinski definition) is 5. The summed E-state index contributed by atoms with van der Waals surface area (Å²) in [7, 11) is -3.74. The molecule has 5 aromatic rings. The quantitative estimate of drug-likeness (QED) is 0.0427. The monoisotopic (exact) mass is 1110 g/mol. The van der Waals surface area contributed by atoms with Gasteiger partial charge in [0.05, 0.1) is 66.8 Å². The SMILES string of the molecule is CC[C@]1(O)C(=O)OCc2c1cc1n(c2=O)Cc2c-1nc1ccc(OS(=O)(=O)Oc3cc(C(=O)N(C)CCOCCn4cc(CN5C(=O)CC(SC)C5=O)nn4)ccc3O[C@@H]3O[C@H](C(=O)O)[C@@H](O)[C@H](O)[C@H]3O)c3c1c2CCC3. The Morgan fingerprint density at radius 3 is 2.44 bits per heavy atom. The Hall–Kier alpha value is -7.05. The molecule has 5 aliphatic rings. The molecule has 7 atom stereocenters. The summed E-state index contributed by atoms with van der Waals surface area (Å²) in [6, 6.07) is 7.80. The number of carboxylic acids is 1. The Bertz CT molecular complexity index is 3440. The lowest BCUT2D eigenvalue weighted by Crippen LogP contribution is -2.61. The molecule has 28 heteroatoms. The van der Waals surface area contributed by atoms with E-state index < -0.39 is 86.9 Å². The number of aliphatic carboxylic acids is 1. The Morgan fingerprint density at radius 1 is 0.948 bits per heavy atom. The first-order chi connectivity index (χ1) is 36.7. The maximum atomic E-state index is 14.1. The predicted octanol–water partition coefficient (Wildman–Crippen LogP) is -0.0873. The number of likely N-dealkylation sites (N-methyl/N-ethyl adjacent to an activating group) is 1. The van der Waals surface area contributed by atoms with Gasteiger partial charge in [0.15, 0.2) is 23.2 Å². The van der Waals surface area contributed by atoms with Crippen LogP contribution in [0.5, 0.6) is 17.2 Å². The van der Waals surface area contributed by atoms with Crippen LogP contribution in [0.2, 0.25) is 0 Å². The van der Waals surface area contributed by atoms with E-state index in [1.807, 2.05) is 0 Å². The van der Waals surface area contributed by atoms with Crippen molar-refractivity contribution < 1.29 is 85.2 Å². The van der Waals surface area contributed by atoms with Crippen LogP contribution >= 0.6 is 11.8 Å². The number of aliphatic hydroxyl groups excluding tert-OH is 3. The van der Waals surface area contributed by atoms with Gasteiger partial charge < -0.3 is 62.3 Å². The van der Waals surface area contributed by atoms with Gasteiger partial charge in [-0.05, 0) is 73.9 Å². The minimum absolute atomic E-state index is 0.0108. The van der Waals surface area contributed by atoms with Crippen molar-refractivity contribution in [3.8, 4) is 28.6 Å². The van der Waals surface area contributed by atoms with E-state index in [2.05, 4.69) is 10.3 Å². The number of imide groups is 1. The van der Waals surface area contributed by atoms with Gasteiger partial charge in [0.1, 0.15) is 36.4 Å². The van der Waals surface area contributed by atoms with Crippen LogP contribution in [0.15, 0.2) is 47.4 Å². The van der Waals surface area contributed by atoms with E-state index in [0.29, 0.717) is 58.4 Å². The lowest BCUT2D eigenvalue weighted by Gasteiger charge is -2.38. The summed E-state index contributed by atoms with van der Waals surface area (Å²) in [5.74, 6) is -5.15. The zero-order valence-corrected chi connectivity index (χ0v) is 43.0. The van der Waals surface area contributed by atoms with Crippen molar-refractivity contribution in [1.29, 1.82) is 0 Å². The molecule has 7 heterocycles. The standard InChI is InChI=1S/C49H51N7O19S2/c1-4-49(67)29-17-31-38-27(21-55(31)44(62)28(29)22-71-48(49)66)25-6-5-7-26-32(11-9-30(50-38)37(25)26)74-77(68,69)75-34-16-23(8-10-33(34)72-47-41(60)39(58)40(59)42(73-47)46(64)65)43(61)53(2)12-14-70-15-13-54-19-24(51-52-54)20-56-36(57)18-35(76-3)45(56)63/h8-11,16-17,19,35,39-42,47,58-60,67H,4-7,12-15,18,20-22H2,1-3H3,(H,64,65)/t35?,39-,40-,41+,42-,47+,49+/m0/s1. The second kappa shape index (κ2) is 20.7. The van der Waals surface area contributed by atoms with Gasteiger partial charge in [0.25, 0.3) is 11.5 Å². The second-order valence-electron chi connectivity index (χ2n) is 19.0. The molecule has 3 aromatic heterocycles. The highest BCUT2D eigenvalue weighted by molar-refractivity contribution is 8.00. The van der Waals surface area contributed by atoms with Crippen LogP contribution in [-0.2, 0) is 88.5 Å². The number of cyclic esters (lactones) is 1. The minimum atomic E-state index is -5.19. The van der Waals surface area contributed by atoms with E-state index in [1.54, 1.807) is 25.4 Å². The Labute approximate surface area is 441 Å². The second-order valence-corrected chi connectivity index (χ2v) is 21.1. The molecule has 77 heavy (non-hydrogen) atoms. The molecule has 4 aliphatic heterocycles. The molecule has 2 aromatic carbocycles. The molecule has 26 nitrogen and oxygen atoms in total. The summed E-state index contributed by atoms with van der Waals surface area (Å²) < 4.78 is 64.2. The van der Waals surface area contributed by atoms with Crippen molar-refractivity contribution in [3.05, 3.63) is 92.0 Å². The van der Waals surface area contributed by atoms with Gasteiger partial charge in [-0.15, -0.1) is 13.5 Å². The molecular weight excluding hydrogens is 1050 g/mol. The fourth-order valence-electron chi connectivity index (χ4n) is 10.1. The highest BCUT2D eigenvalue weighted by atomic mass is 32.3. The molecule has 0 saturated carbocycles. The van der Waals surface area contributed by atoms with Crippen molar-refractivity contribution in [2.24, 2.45) is 0 Å². The molecule has 5 N–H and O–H groups in total. The predicted molar refractivity (Wildman–Crippen MR) is 263 cm³/mol. The minimum Gasteiger partial charge on any atom is -0.479 e. The number of nitrogens with zero attached hydrogens (tertiary/aromatic N) is 7. The first-order valence-corrected chi connectivity index (χ1v) is 26.9. The number of pyridine rings is 2. The largest absolute Gasteiger partial charge is 0.501 e. The van der Waals surface area contributed by atoms with E-state index in [-0.39, 0.29) is 93.1 Å². The smallest absolute Gasteiger partial charge is 0.479 e. The number of aryl methyl sites for hydroxylation is 2. The average Bonchev–Trinajstić information content (AvgIpc) is 4.12. The Kier molecular flexibility index (Phi) is 14.4. The summed E-state index contributed by atoms with van der Waals surface area (Å²) in [6.07, 6.45) is -5.52. The van der Waals surface area contributed by atoms with E-state index in [9.17, 15) is 62.7 Å². The number of hydrogen-bond acceptors (Lipinski definition) is 22. The summed E-state index contributed by atoms with van der Waals surface area (Å²) in [4.78, 5) is 84.5. The highest BCUT2D eigenvalue weighted by Crippen LogP contribution is 2.45. The molecule has 0 spiro atoms. The Morgan fingerprint density at radius 2 is 1.70 bits per heavy atom. The lowest BCUT2D eigenvalue weighted by atomic mass is 9.85. The molecule has 2 saturated heterocycles. The van der Waals surface area contributed by atoms with Crippen LogP contribution in [-0.4, -0.2) is 167 Å². The summed E-state index contributed by atoms with van der Waals surface area (Å²) in [6.45, 7) is 1.82. The maximum Gasteiger partial charge on any atom is 0.501 e. The van der Waals surface area contributed by atoms with Crippen LogP contribution in [0.25, 0.3) is 22.3 Å². The van der Waals surface area contributed by atoms with Crippen LogP contribution in [0, 0.1) is 0 Å². The van der Waals surface area contributed by atoms with E-state index in [0.717, 1.165) is 22.6 Å². The first-order valence-electron chi connectivity index (χ1n) is 24.3. The van der Waals surface area contributed by atoms with Crippen molar-refractivity contribution in [2.45, 2.75) is 107 Å². The number of carbonyl (C=O) groups excluding carboxylic acids is 4. The van der Waals surface area contributed by atoms with Gasteiger partial charge >= 0.3 is 22.3 Å². The third-order valence-electron chi connectivity index (χ3n) is 14.3. The van der Waals surface area contributed by atoms with E-state index in [4.69, 9.17) is 32.3 Å². The number of thioether (sulfide) groups is 1. The zero-order valence-electron chi connectivity index (χ0n) is 41.4. The molecule has 2 fully saturated rings. The number of likely N-dealkylation sites (tertiary alicyclic amines) is 1. The molecule has 0 radical (unpaired) electrons. The molecule has 408 valence electrons. The summed E-state index contributed by atoms with van der Waals surface area (Å²) in [5.41, 5.74) is 1.32. The number of carboxylic acid groups (broad SMARTS) is 1. The number of aliphatic hydroxyl groups is 4. The maximum absolute atomic E-state index is 14.1. The zero-order chi connectivity index (χ0) is 54.8.